The topological polar surface area (TPSA) is 91.0 Å². The second-order valence-corrected chi connectivity index (χ2v) is 8.08. The van der Waals surface area contributed by atoms with Gasteiger partial charge in [-0.25, -0.2) is 4.79 Å². The molecule has 1 aromatic carbocycles. The molecule has 8 nitrogen and oxygen atoms in total. The van der Waals surface area contributed by atoms with E-state index in [1.165, 1.54) is 23.8 Å². The van der Waals surface area contributed by atoms with Crippen molar-refractivity contribution < 1.29 is 19.1 Å². The van der Waals surface area contributed by atoms with Crippen LogP contribution in [0, 0.1) is 6.92 Å². The number of rotatable bonds is 5. The van der Waals surface area contributed by atoms with Crippen LogP contribution in [0.2, 0.25) is 0 Å². The van der Waals surface area contributed by atoms with Crippen molar-refractivity contribution in [2.75, 3.05) is 43.8 Å². The maximum atomic E-state index is 12.4. The molecule has 2 aromatic rings. The highest BCUT2D eigenvalue weighted by molar-refractivity contribution is 7.80. The van der Waals surface area contributed by atoms with E-state index in [-0.39, 0.29) is 22.5 Å². The van der Waals surface area contributed by atoms with Crippen LogP contribution in [0.3, 0.4) is 0 Å². The first-order valence-electron chi connectivity index (χ1n) is 8.92. The summed E-state index contributed by atoms with van der Waals surface area (Å²) in [4.78, 5) is 39.6. The Morgan fingerprint density at radius 2 is 1.67 bits per heavy atom. The van der Waals surface area contributed by atoms with Crippen LogP contribution in [0.25, 0.3) is 0 Å². The number of carbonyl (C=O) groups is 3. The third-order valence-electron chi connectivity index (χ3n) is 4.35. The summed E-state index contributed by atoms with van der Waals surface area (Å²) in [6.45, 7) is 3.19. The fourth-order valence-corrected chi connectivity index (χ4v) is 4.08. The van der Waals surface area contributed by atoms with Crippen LogP contribution in [-0.4, -0.2) is 56.0 Å². The number of carbonyl (C=O) groups excluding carboxylic acids is 3. The summed E-state index contributed by atoms with van der Waals surface area (Å²) in [7, 11) is 6.27. The van der Waals surface area contributed by atoms with Gasteiger partial charge in [-0.05, 0) is 49.0 Å². The molecule has 30 heavy (non-hydrogen) atoms. The zero-order chi connectivity index (χ0) is 22.6. The lowest BCUT2D eigenvalue weighted by Gasteiger charge is -2.16. The van der Waals surface area contributed by atoms with Gasteiger partial charge in [0, 0.05) is 39.4 Å². The lowest BCUT2D eigenvalue weighted by molar-refractivity contribution is -0.116. The Morgan fingerprint density at radius 1 is 1.07 bits per heavy atom. The standard InChI is InChI=1S/C20H24N4O4S2/c1-11-15(19(27)28-6)17(30-16(11)18(26)23(3)4)22-20(29)21-13-7-9-14(10-8-13)24(5)12(2)25/h7-10H,1-6H3,(H2,21,22,29). The van der Waals surface area contributed by atoms with Crippen LogP contribution in [-0.2, 0) is 9.53 Å². The minimum atomic E-state index is -0.552. The molecule has 2 amide bonds. The third kappa shape index (κ3) is 5.14. The summed E-state index contributed by atoms with van der Waals surface area (Å²) in [5.41, 5.74) is 2.26. The van der Waals surface area contributed by atoms with E-state index in [0.29, 0.717) is 21.1 Å². The first kappa shape index (κ1) is 23.3. The van der Waals surface area contributed by atoms with Crippen molar-refractivity contribution >= 4 is 62.8 Å². The fourth-order valence-electron chi connectivity index (χ4n) is 2.57. The minimum absolute atomic E-state index is 0.0700. The van der Waals surface area contributed by atoms with E-state index in [2.05, 4.69) is 10.6 Å². The Bertz CT molecular complexity index is 983. The van der Waals surface area contributed by atoms with Crippen LogP contribution in [0.4, 0.5) is 16.4 Å². The maximum Gasteiger partial charge on any atom is 0.341 e. The minimum Gasteiger partial charge on any atom is -0.465 e. The van der Waals surface area contributed by atoms with Gasteiger partial charge in [0.2, 0.25) is 5.91 Å². The van der Waals surface area contributed by atoms with Gasteiger partial charge in [-0.3, -0.25) is 9.59 Å². The van der Waals surface area contributed by atoms with Gasteiger partial charge in [-0.1, -0.05) is 0 Å². The van der Waals surface area contributed by atoms with Gasteiger partial charge >= 0.3 is 5.97 Å². The summed E-state index contributed by atoms with van der Waals surface area (Å²) in [5, 5.41) is 6.69. The number of ether oxygens (including phenoxy) is 1. The zero-order valence-electron chi connectivity index (χ0n) is 17.7. The molecule has 0 aliphatic rings. The molecule has 0 bridgehead atoms. The average molecular weight is 449 g/mol. The Hall–Kier alpha value is -2.98. The van der Waals surface area contributed by atoms with Crippen molar-refractivity contribution in [2.45, 2.75) is 13.8 Å². The number of esters is 1. The zero-order valence-corrected chi connectivity index (χ0v) is 19.3. The molecule has 0 aliphatic carbocycles. The van der Waals surface area contributed by atoms with E-state index < -0.39 is 5.97 Å². The van der Waals surface area contributed by atoms with E-state index >= 15 is 0 Å². The molecule has 2 rings (SSSR count). The number of nitrogens with zero attached hydrogens (tertiary/aromatic N) is 2. The Morgan fingerprint density at radius 3 is 2.17 bits per heavy atom. The van der Waals surface area contributed by atoms with Crippen molar-refractivity contribution in [3.05, 3.63) is 40.3 Å². The number of methoxy groups -OCH3 is 1. The molecule has 1 heterocycles. The quantitative estimate of drug-likeness (QED) is 0.535. The highest BCUT2D eigenvalue weighted by atomic mass is 32.1. The lowest BCUT2D eigenvalue weighted by atomic mass is 10.1. The largest absolute Gasteiger partial charge is 0.465 e. The maximum absolute atomic E-state index is 12.4. The Kier molecular flexibility index (Phi) is 7.52. The van der Waals surface area contributed by atoms with E-state index in [1.807, 2.05) is 0 Å². The highest BCUT2D eigenvalue weighted by Gasteiger charge is 2.26. The van der Waals surface area contributed by atoms with Gasteiger partial charge in [-0.2, -0.15) is 0 Å². The van der Waals surface area contributed by atoms with Gasteiger partial charge in [0.05, 0.1) is 17.6 Å². The Balaban J connectivity index is 2.23. The second-order valence-electron chi connectivity index (χ2n) is 6.66. The smallest absolute Gasteiger partial charge is 0.341 e. The number of nitrogens with one attached hydrogen (secondary N) is 2. The number of thiocarbonyl (C=S) groups is 1. The number of hydrogen-bond acceptors (Lipinski definition) is 6. The summed E-state index contributed by atoms with van der Waals surface area (Å²) in [6.07, 6.45) is 0. The van der Waals surface area contributed by atoms with Crippen LogP contribution in [0.5, 0.6) is 0 Å². The SMILES string of the molecule is COC(=O)c1c(NC(=S)Nc2ccc(N(C)C(C)=O)cc2)sc(C(=O)N(C)C)c1C. The van der Waals surface area contributed by atoms with Crippen LogP contribution in [0.1, 0.15) is 32.5 Å². The Labute approximate surface area is 184 Å². The van der Waals surface area contributed by atoms with E-state index in [0.717, 1.165) is 17.0 Å². The van der Waals surface area contributed by atoms with Crippen molar-refractivity contribution in [2.24, 2.45) is 0 Å². The molecular formula is C20H24N4O4S2. The number of anilines is 3. The summed E-state index contributed by atoms with van der Waals surface area (Å²) >= 11 is 6.51. The normalized spacial score (nSPS) is 10.2. The third-order valence-corrected chi connectivity index (χ3v) is 5.75. The van der Waals surface area contributed by atoms with Gasteiger partial charge in [0.1, 0.15) is 5.00 Å². The van der Waals surface area contributed by atoms with Crippen LogP contribution in [0.15, 0.2) is 24.3 Å². The van der Waals surface area contributed by atoms with Crippen molar-refractivity contribution in [3.63, 3.8) is 0 Å². The molecule has 0 unspecified atom stereocenters. The van der Waals surface area contributed by atoms with Crippen LogP contribution < -0.4 is 15.5 Å². The van der Waals surface area contributed by atoms with E-state index in [4.69, 9.17) is 17.0 Å². The predicted molar refractivity (Wildman–Crippen MR) is 124 cm³/mol. The summed E-state index contributed by atoms with van der Waals surface area (Å²) in [5.74, 6) is -0.831. The van der Waals surface area contributed by atoms with E-state index in [1.54, 1.807) is 52.3 Å². The predicted octanol–water partition coefficient (Wildman–Crippen LogP) is 3.34. The molecular weight excluding hydrogens is 424 g/mol. The van der Waals surface area contributed by atoms with Gasteiger partial charge in [0.25, 0.3) is 5.91 Å². The number of benzene rings is 1. The van der Waals surface area contributed by atoms with E-state index in [9.17, 15) is 14.4 Å². The summed E-state index contributed by atoms with van der Waals surface area (Å²) in [6, 6.07) is 7.14. The first-order valence-corrected chi connectivity index (χ1v) is 10.1. The molecule has 0 saturated carbocycles. The molecule has 0 radical (unpaired) electrons. The van der Waals surface area contributed by atoms with Gasteiger partial charge in [0.15, 0.2) is 5.11 Å². The number of thiophene rings is 1. The lowest BCUT2D eigenvalue weighted by Crippen LogP contribution is -2.23. The van der Waals surface area contributed by atoms with Gasteiger partial charge < -0.3 is 25.2 Å². The van der Waals surface area contributed by atoms with Crippen molar-refractivity contribution in [1.29, 1.82) is 0 Å². The number of hydrogen-bond donors (Lipinski definition) is 2. The first-order chi connectivity index (χ1) is 14.1. The monoisotopic (exact) mass is 448 g/mol. The molecule has 0 aliphatic heterocycles. The van der Waals surface area contributed by atoms with Crippen molar-refractivity contribution in [3.8, 4) is 0 Å². The number of amides is 2. The molecule has 0 saturated heterocycles. The molecule has 1 aromatic heterocycles. The summed E-state index contributed by atoms with van der Waals surface area (Å²) < 4.78 is 4.87. The molecule has 10 heteroatoms. The molecule has 2 N–H and O–H groups in total. The fraction of sp³-hybridized carbons (Fsp3) is 0.300. The van der Waals surface area contributed by atoms with Crippen molar-refractivity contribution in [1.82, 2.24) is 4.90 Å². The molecule has 0 fully saturated rings. The average Bonchev–Trinajstić information content (AvgIpc) is 3.02. The molecule has 160 valence electrons. The van der Waals surface area contributed by atoms with Gasteiger partial charge in [-0.15, -0.1) is 11.3 Å². The molecule has 0 atom stereocenters. The second kappa shape index (κ2) is 9.68. The highest BCUT2D eigenvalue weighted by Crippen LogP contribution is 2.34. The molecule has 0 spiro atoms. The van der Waals surface area contributed by atoms with Crippen LogP contribution >= 0.6 is 23.6 Å².